The standard InChI is InChI=1S/C24H38N4O3/c1-3-21(16-9-11-17(12-10-16)23(30)31)27(2)24-25-20-13-14-28(15-19(20)22(29)26-24)18-7-5-4-6-8-18/h16-18,21H,3-15H2,1-2H3,(H,30,31)(H,25,26,29)/t16?,17?,21-/m1/s1. The second-order valence-corrected chi connectivity index (χ2v) is 9.86. The highest BCUT2D eigenvalue weighted by molar-refractivity contribution is 5.70. The molecule has 2 saturated carbocycles. The van der Waals surface area contributed by atoms with Crippen molar-refractivity contribution in [3.63, 3.8) is 0 Å². The van der Waals surface area contributed by atoms with E-state index in [2.05, 4.69) is 21.7 Å². The lowest BCUT2D eigenvalue weighted by Gasteiger charge is -2.39. The number of nitrogens with zero attached hydrogens (tertiary/aromatic N) is 3. The van der Waals surface area contributed by atoms with E-state index in [0.29, 0.717) is 17.9 Å². The van der Waals surface area contributed by atoms with Crippen LogP contribution in [0.5, 0.6) is 0 Å². The summed E-state index contributed by atoms with van der Waals surface area (Å²) in [5.74, 6) is 0.242. The van der Waals surface area contributed by atoms with Crippen molar-refractivity contribution in [2.24, 2.45) is 11.8 Å². The predicted molar refractivity (Wildman–Crippen MR) is 121 cm³/mol. The summed E-state index contributed by atoms with van der Waals surface area (Å²) in [6.07, 6.45) is 11.6. The van der Waals surface area contributed by atoms with Crippen molar-refractivity contribution < 1.29 is 9.90 Å². The molecule has 31 heavy (non-hydrogen) atoms. The van der Waals surface area contributed by atoms with Crippen molar-refractivity contribution in [2.75, 3.05) is 18.5 Å². The lowest BCUT2D eigenvalue weighted by Crippen LogP contribution is -2.44. The maximum absolute atomic E-state index is 13.0. The molecule has 2 N–H and O–H groups in total. The lowest BCUT2D eigenvalue weighted by atomic mass is 9.77. The van der Waals surface area contributed by atoms with Gasteiger partial charge in [-0.25, -0.2) is 4.98 Å². The molecular formula is C24H38N4O3. The third-order valence-corrected chi connectivity index (χ3v) is 8.09. The number of fused-ring (bicyclic) bond motifs is 1. The smallest absolute Gasteiger partial charge is 0.306 e. The quantitative estimate of drug-likeness (QED) is 0.717. The fraction of sp³-hybridized carbons (Fsp3) is 0.792. The van der Waals surface area contributed by atoms with Gasteiger partial charge in [0.15, 0.2) is 0 Å². The van der Waals surface area contributed by atoms with E-state index in [1.54, 1.807) is 0 Å². The van der Waals surface area contributed by atoms with Gasteiger partial charge < -0.3 is 10.0 Å². The molecule has 0 spiro atoms. The number of aromatic amines is 1. The third-order valence-electron chi connectivity index (χ3n) is 8.09. The third kappa shape index (κ3) is 4.81. The maximum Gasteiger partial charge on any atom is 0.306 e. The minimum Gasteiger partial charge on any atom is -0.481 e. The number of aromatic nitrogens is 2. The van der Waals surface area contributed by atoms with Gasteiger partial charge in [-0.15, -0.1) is 0 Å². The number of carbonyl (C=O) groups is 1. The number of anilines is 1. The van der Waals surface area contributed by atoms with Gasteiger partial charge in [0.2, 0.25) is 5.95 Å². The molecule has 0 radical (unpaired) electrons. The number of hydrogen-bond acceptors (Lipinski definition) is 5. The zero-order valence-corrected chi connectivity index (χ0v) is 19.1. The van der Waals surface area contributed by atoms with Crippen molar-refractivity contribution >= 4 is 11.9 Å². The fourth-order valence-corrected chi connectivity index (χ4v) is 6.19. The molecule has 7 nitrogen and oxygen atoms in total. The normalized spacial score (nSPS) is 26.3. The van der Waals surface area contributed by atoms with E-state index in [1.807, 2.05) is 7.05 Å². The van der Waals surface area contributed by atoms with Crippen molar-refractivity contribution in [3.05, 3.63) is 21.6 Å². The van der Waals surface area contributed by atoms with Crippen LogP contribution < -0.4 is 10.5 Å². The molecule has 0 bridgehead atoms. The van der Waals surface area contributed by atoms with Gasteiger partial charge >= 0.3 is 5.97 Å². The van der Waals surface area contributed by atoms with E-state index in [0.717, 1.165) is 62.9 Å². The largest absolute Gasteiger partial charge is 0.481 e. The summed E-state index contributed by atoms with van der Waals surface area (Å²) < 4.78 is 0. The van der Waals surface area contributed by atoms with Gasteiger partial charge in [0, 0.05) is 38.6 Å². The molecule has 2 fully saturated rings. The Bertz CT molecular complexity index is 825. The summed E-state index contributed by atoms with van der Waals surface area (Å²) in [4.78, 5) is 36.9. The molecule has 7 heteroatoms. The minimum atomic E-state index is -0.664. The number of nitrogens with one attached hydrogen (secondary N) is 1. The first kappa shape index (κ1) is 22.3. The highest BCUT2D eigenvalue weighted by atomic mass is 16.4. The minimum absolute atomic E-state index is 0.0109. The molecular weight excluding hydrogens is 392 g/mol. The summed E-state index contributed by atoms with van der Waals surface area (Å²) in [6, 6.07) is 0.882. The molecule has 1 aromatic heterocycles. The first-order chi connectivity index (χ1) is 15.0. The zero-order valence-electron chi connectivity index (χ0n) is 19.1. The first-order valence-electron chi connectivity index (χ1n) is 12.3. The van der Waals surface area contributed by atoms with Crippen LogP contribution in [0, 0.1) is 11.8 Å². The zero-order chi connectivity index (χ0) is 22.0. The Hall–Kier alpha value is -1.89. The molecule has 0 saturated heterocycles. The Morgan fingerprint density at radius 3 is 2.55 bits per heavy atom. The van der Waals surface area contributed by atoms with E-state index in [4.69, 9.17) is 4.98 Å². The molecule has 0 amide bonds. The van der Waals surface area contributed by atoms with E-state index in [9.17, 15) is 14.7 Å². The Morgan fingerprint density at radius 1 is 1.19 bits per heavy atom. The number of carboxylic acids is 1. The molecule has 4 rings (SSSR count). The Morgan fingerprint density at radius 2 is 1.90 bits per heavy atom. The average Bonchev–Trinajstić information content (AvgIpc) is 2.80. The second-order valence-electron chi connectivity index (χ2n) is 9.86. The summed E-state index contributed by atoms with van der Waals surface area (Å²) >= 11 is 0. The molecule has 1 aliphatic heterocycles. The Labute approximate surface area is 185 Å². The molecule has 0 unspecified atom stereocenters. The van der Waals surface area contributed by atoms with Crippen LogP contribution in [0.3, 0.4) is 0 Å². The van der Waals surface area contributed by atoms with Gasteiger partial charge in [-0.3, -0.25) is 19.5 Å². The number of aliphatic carboxylic acids is 1. The van der Waals surface area contributed by atoms with Gasteiger partial charge in [0.1, 0.15) is 0 Å². The molecule has 1 atom stereocenters. The number of rotatable bonds is 6. The van der Waals surface area contributed by atoms with E-state index >= 15 is 0 Å². The Kier molecular flexibility index (Phi) is 6.99. The van der Waals surface area contributed by atoms with Gasteiger partial charge in [0.05, 0.1) is 17.2 Å². The average molecular weight is 431 g/mol. The highest BCUT2D eigenvalue weighted by Gasteiger charge is 2.33. The number of H-pyrrole nitrogens is 1. The maximum atomic E-state index is 13.0. The van der Waals surface area contributed by atoms with E-state index < -0.39 is 5.97 Å². The molecule has 2 aliphatic carbocycles. The SMILES string of the molecule is CC[C@H](C1CCC(C(=O)O)CC1)N(C)c1nc2c(c(=O)[nH]1)CN(C1CCCCC1)CC2. The van der Waals surface area contributed by atoms with Crippen LogP contribution in [0.1, 0.15) is 82.4 Å². The first-order valence-corrected chi connectivity index (χ1v) is 12.3. The van der Waals surface area contributed by atoms with Crippen molar-refractivity contribution in [3.8, 4) is 0 Å². The Balaban J connectivity index is 1.47. The lowest BCUT2D eigenvalue weighted by molar-refractivity contribution is -0.143. The molecule has 2 heterocycles. The van der Waals surface area contributed by atoms with Crippen LogP contribution in [-0.2, 0) is 17.8 Å². The topological polar surface area (TPSA) is 89.5 Å². The van der Waals surface area contributed by atoms with Gasteiger partial charge in [-0.1, -0.05) is 26.2 Å². The van der Waals surface area contributed by atoms with Gasteiger partial charge in [-0.2, -0.15) is 0 Å². The van der Waals surface area contributed by atoms with E-state index in [1.165, 1.54) is 32.1 Å². The van der Waals surface area contributed by atoms with Crippen molar-refractivity contribution in [1.29, 1.82) is 0 Å². The fourth-order valence-electron chi connectivity index (χ4n) is 6.19. The number of hydrogen-bond donors (Lipinski definition) is 2. The summed E-state index contributed by atoms with van der Waals surface area (Å²) in [6.45, 7) is 3.89. The second kappa shape index (κ2) is 9.72. The molecule has 172 valence electrons. The van der Waals surface area contributed by atoms with Crippen LogP contribution in [-0.4, -0.2) is 51.6 Å². The van der Waals surface area contributed by atoms with Gasteiger partial charge in [0.25, 0.3) is 5.56 Å². The van der Waals surface area contributed by atoms with Crippen LogP contribution in [0.25, 0.3) is 0 Å². The predicted octanol–water partition coefficient (Wildman–Crippen LogP) is 3.57. The van der Waals surface area contributed by atoms with E-state index in [-0.39, 0.29) is 17.5 Å². The monoisotopic (exact) mass is 430 g/mol. The summed E-state index contributed by atoms with van der Waals surface area (Å²) in [7, 11) is 2.03. The highest BCUT2D eigenvalue weighted by Crippen LogP contribution is 2.34. The molecule has 1 aromatic rings. The van der Waals surface area contributed by atoms with Gasteiger partial charge in [-0.05, 0) is 50.9 Å². The molecule has 3 aliphatic rings. The van der Waals surface area contributed by atoms with Crippen molar-refractivity contribution in [2.45, 2.75) is 96.2 Å². The van der Waals surface area contributed by atoms with Crippen molar-refractivity contribution in [1.82, 2.24) is 14.9 Å². The van der Waals surface area contributed by atoms with Crippen LogP contribution in [0.4, 0.5) is 5.95 Å². The number of carboxylic acid groups (broad SMARTS) is 1. The van der Waals surface area contributed by atoms with Crippen LogP contribution in [0.15, 0.2) is 4.79 Å². The van der Waals surface area contributed by atoms with Crippen LogP contribution >= 0.6 is 0 Å². The summed E-state index contributed by atoms with van der Waals surface area (Å²) in [5.41, 5.74) is 1.82. The van der Waals surface area contributed by atoms with Crippen LogP contribution in [0.2, 0.25) is 0 Å². The summed E-state index contributed by atoms with van der Waals surface area (Å²) in [5, 5.41) is 9.29. The molecule has 0 aromatic carbocycles.